The fourth-order valence-electron chi connectivity index (χ4n) is 6.09. The van der Waals surface area contributed by atoms with Crippen LogP contribution in [0.25, 0.3) is 10.1 Å². The van der Waals surface area contributed by atoms with Crippen LogP contribution in [-0.4, -0.2) is 32.2 Å². The first-order valence-corrected chi connectivity index (χ1v) is 18.3. The van der Waals surface area contributed by atoms with E-state index in [1.807, 2.05) is 97.9 Å². The molecule has 0 N–H and O–H groups in total. The van der Waals surface area contributed by atoms with Crippen molar-refractivity contribution in [2.75, 3.05) is 0 Å². The summed E-state index contributed by atoms with van der Waals surface area (Å²) >= 11 is 1.48. The second-order valence-corrected chi connectivity index (χ2v) is 14.9. The quantitative estimate of drug-likeness (QED) is 0.0950. The Hall–Kier alpha value is -3.74. The summed E-state index contributed by atoms with van der Waals surface area (Å²) < 4.78 is 90.7. The molecule has 0 amide bonds. The smallest absolute Gasteiger partial charge is 0.376 e. The van der Waals surface area contributed by atoms with Crippen LogP contribution in [0, 0.1) is 6.92 Å². The van der Waals surface area contributed by atoms with Crippen LogP contribution < -0.4 is 4.18 Å². The Morgan fingerprint density at radius 1 is 0.857 bits per heavy atom. The van der Waals surface area contributed by atoms with E-state index in [4.69, 9.17) is 18.4 Å². The highest BCUT2D eigenvalue weighted by Crippen LogP contribution is 2.42. The van der Waals surface area contributed by atoms with Crippen LogP contribution in [0.2, 0.25) is 0 Å². The van der Waals surface area contributed by atoms with Gasteiger partial charge in [-0.25, -0.2) is 0 Å². The number of halogens is 3. The molecule has 2 heterocycles. The summed E-state index contributed by atoms with van der Waals surface area (Å²) in [6, 6.07) is 32.3. The van der Waals surface area contributed by atoms with Crippen molar-refractivity contribution in [3.8, 4) is 5.75 Å². The fraction of sp³-hybridized carbons (Fsp3) is 0.316. The lowest BCUT2D eigenvalue weighted by Gasteiger charge is -2.42. The highest BCUT2D eigenvalue weighted by atomic mass is 32.2. The number of hydrogen-bond acceptors (Lipinski definition) is 7. The molecule has 0 saturated carbocycles. The van der Waals surface area contributed by atoms with E-state index in [2.05, 4.69) is 0 Å². The van der Waals surface area contributed by atoms with Gasteiger partial charge in [-0.15, -0.1) is 11.3 Å². The molecule has 11 heteroatoms. The van der Waals surface area contributed by atoms with Gasteiger partial charge in [0.05, 0.1) is 25.4 Å². The van der Waals surface area contributed by atoms with E-state index in [9.17, 15) is 21.6 Å². The number of thiophene rings is 1. The second kappa shape index (κ2) is 15.0. The standard InChI is InChI=1S/C38H37F3O6S2/c1-3-30-22-34(44-23-26-12-6-4-7-13-26)37(45-24-27-14-8-5-9-15-27)36(46-30)32-21-29(20-31-19-28-16-10-11-17-35(28)48-31)33(18-25(32)2)47-49(42,43)38(39,40)41/h4-19,21,30,34,36-37H,3,20,22-24H2,1-2H3/t30-,34+,36+,37-/m1/s1. The molecule has 6 rings (SSSR count). The number of ether oxygens (including phenoxy) is 3. The third-order valence-electron chi connectivity index (χ3n) is 8.63. The molecule has 0 unspecified atom stereocenters. The molecule has 0 bridgehead atoms. The number of fused-ring (bicyclic) bond motifs is 1. The lowest BCUT2D eigenvalue weighted by Crippen LogP contribution is -2.46. The lowest BCUT2D eigenvalue weighted by molar-refractivity contribution is -0.211. The van der Waals surface area contributed by atoms with Gasteiger partial charge >= 0.3 is 15.6 Å². The predicted octanol–water partition coefficient (Wildman–Crippen LogP) is 9.44. The van der Waals surface area contributed by atoms with Crippen LogP contribution in [0.4, 0.5) is 13.2 Å². The van der Waals surface area contributed by atoms with Crippen molar-refractivity contribution in [1.29, 1.82) is 0 Å². The summed E-state index contributed by atoms with van der Waals surface area (Å²) in [5.41, 5.74) is -2.17. The van der Waals surface area contributed by atoms with Crippen molar-refractivity contribution in [1.82, 2.24) is 0 Å². The summed E-state index contributed by atoms with van der Waals surface area (Å²) in [7, 11) is -5.92. The molecule has 4 aromatic carbocycles. The van der Waals surface area contributed by atoms with Crippen LogP contribution in [0.5, 0.6) is 5.75 Å². The normalized spacial score (nSPS) is 20.0. The Kier molecular flexibility index (Phi) is 10.8. The van der Waals surface area contributed by atoms with Gasteiger partial charge in [-0.05, 0) is 65.3 Å². The SMILES string of the molecule is CC[C@@H]1C[C@H](OCc2ccccc2)[C@@H](OCc2ccccc2)[C@H](c2cc(Cc3cc4ccccc4s3)c(OS(=O)(=O)C(F)(F)F)cc2C)O1. The van der Waals surface area contributed by atoms with Crippen LogP contribution in [0.15, 0.2) is 103 Å². The van der Waals surface area contributed by atoms with E-state index in [-0.39, 0.29) is 36.5 Å². The lowest BCUT2D eigenvalue weighted by atomic mass is 9.88. The van der Waals surface area contributed by atoms with Crippen molar-refractivity contribution in [2.45, 2.75) is 76.2 Å². The fourth-order valence-corrected chi connectivity index (χ4v) is 7.66. The molecule has 49 heavy (non-hydrogen) atoms. The third-order valence-corrected chi connectivity index (χ3v) is 10.7. The molecule has 0 spiro atoms. The molecular formula is C38H37F3O6S2. The first-order chi connectivity index (χ1) is 23.5. The summed E-state index contributed by atoms with van der Waals surface area (Å²) in [4.78, 5) is 0.835. The zero-order valence-corrected chi connectivity index (χ0v) is 28.7. The van der Waals surface area contributed by atoms with Crippen molar-refractivity contribution in [2.24, 2.45) is 0 Å². The molecule has 4 atom stereocenters. The van der Waals surface area contributed by atoms with Gasteiger partial charge in [0.25, 0.3) is 0 Å². The van der Waals surface area contributed by atoms with Crippen LogP contribution in [-0.2, 0) is 44.0 Å². The first kappa shape index (κ1) is 35.1. The van der Waals surface area contributed by atoms with E-state index < -0.39 is 27.8 Å². The minimum absolute atomic E-state index is 0.142. The van der Waals surface area contributed by atoms with E-state index >= 15 is 0 Å². The number of aryl methyl sites for hydroxylation is 1. The Labute approximate surface area is 288 Å². The van der Waals surface area contributed by atoms with E-state index in [0.717, 1.165) is 26.1 Å². The van der Waals surface area contributed by atoms with Gasteiger partial charge in [-0.3, -0.25) is 0 Å². The molecule has 1 aromatic heterocycles. The third kappa shape index (κ3) is 8.36. The summed E-state index contributed by atoms with van der Waals surface area (Å²) in [5.74, 6) is -0.377. The molecule has 1 fully saturated rings. The predicted molar refractivity (Wildman–Crippen MR) is 184 cm³/mol. The molecule has 258 valence electrons. The van der Waals surface area contributed by atoms with E-state index in [0.29, 0.717) is 30.6 Å². The molecule has 1 saturated heterocycles. The van der Waals surface area contributed by atoms with Crippen molar-refractivity contribution < 1.29 is 40.0 Å². The minimum Gasteiger partial charge on any atom is -0.376 e. The van der Waals surface area contributed by atoms with Gasteiger partial charge in [0.15, 0.2) is 0 Å². The Morgan fingerprint density at radius 3 is 2.12 bits per heavy atom. The van der Waals surface area contributed by atoms with Gasteiger partial charge in [-0.2, -0.15) is 21.6 Å². The summed E-state index contributed by atoms with van der Waals surface area (Å²) in [6.07, 6.45) is -0.396. The molecule has 0 radical (unpaired) electrons. The van der Waals surface area contributed by atoms with Crippen molar-refractivity contribution in [3.63, 3.8) is 0 Å². The van der Waals surface area contributed by atoms with Gasteiger partial charge in [0.1, 0.15) is 18.0 Å². The largest absolute Gasteiger partial charge is 0.534 e. The van der Waals surface area contributed by atoms with Gasteiger partial charge in [0.2, 0.25) is 0 Å². The Balaban J connectivity index is 1.41. The number of rotatable bonds is 12. The van der Waals surface area contributed by atoms with Crippen LogP contribution >= 0.6 is 11.3 Å². The minimum atomic E-state index is -5.92. The molecule has 1 aliphatic heterocycles. The molecule has 6 nitrogen and oxygen atoms in total. The zero-order valence-electron chi connectivity index (χ0n) is 27.1. The topological polar surface area (TPSA) is 71.1 Å². The highest BCUT2D eigenvalue weighted by Gasteiger charge is 2.49. The van der Waals surface area contributed by atoms with Gasteiger partial charge < -0.3 is 18.4 Å². The Bertz CT molecular complexity index is 1930. The van der Waals surface area contributed by atoms with E-state index in [1.54, 1.807) is 13.0 Å². The average molecular weight is 711 g/mol. The zero-order chi connectivity index (χ0) is 34.6. The Morgan fingerprint density at radius 2 is 1.49 bits per heavy atom. The molecule has 1 aliphatic rings. The number of hydrogen-bond donors (Lipinski definition) is 0. The highest BCUT2D eigenvalue weighted by molar-refractivity contribution is 7.88. The van der Waals surface area contributed by atoms with Crippen molar-refractivity contribution in [3.05, 3.63) is 136 Å². The first-order valence-electron chi connectivity index (χ1n) is 16.1. The second-order valence-electron chi connectivity index (χ2n) is 12.1. The average Bonchev–Trinajstić information content (AvgIpc) is 3.50. The molecular weight excluding hydrogens is 674 g/mol. The van der Waals surface area contributed by atoms with Gasteiger partial charge in [0, 0.05) is 28.0 Å². The van der Waals surface area contributed by atoms with Crippen LogP contribution in [0.1, 0.15) is 58.6 Å². The number of benzene rings is 4. The van der Waals surface area contributed by atoms with Gasteiger partial charge in [-0.1, -0.05) is 85.8 Å². The molecule has 5 aromatic rings. The monoisotopic (exact) mass is 710 g/mol. The maximum absolute atomic E-state index is 13.5. The molecule has 0 aliphatic carbocycles. The maximum Gasteiger partial charge on any atom is 0.534 e. The summed E-state index contributed by atoms with van der Waals surface area (Å²) in [5, 5.41) is 0.981. The maximum atomic E-state index is 13.5. The van der Waals surface area contributed by atoms with Crippen molar-refractivity contribution >= 4 is 31.5 Å². The van der Waals surface area contributed by atoms with E-state index in [1.165, 1.54) is 17.4 Å². The number of alkyl halides is 3. The van der Waals surface area contributed by atoms with Crippen LogP contribution in [0.3, 0.4) is 0 Å². The summed E-state index contributed by atoms with van der Waals surface area (Å²) in [6.45, 7) is 4.38.